The lowest BCUT2D eigenvalue weighted by Gasteiger charge is -2.25. The third kappa shape index (κ3) is 8.45. The van der Waals surface area contributed by atoms with E-state index in [9.17, 15) is 19.8 Å². The standard InChI is InChI=1S/C33H40O10/c1-33(2)42-27(15-9-13-23-18-24(39-4)19-28(40-20-38-3)29(23)31(35)36)30(43-33)26(17-16-21-12-8-14-25(21)34)41-32(37)22-10-6-5-7-11-22/h5-7,9-11,13,16-19,21,25-27,30,34H,8,12,14-15,20H2,1-4H3,(H,35,36)/t21?,25?,26?,27-,30+/m0/s1. The highest BCUT2D eigenvalue weighted by Crippen LogP contribution is 2.36. The number of carboxylic acids is 1. The van der Waals surface area contributed by atoms with Gasteiger partial charge < -0.3 is 38.6 Å². The van der Waals surface area contributed by atoms with E-state index in [1.165, 1.54) is 20.3 Å². The van der Waals surface area contributed by atoms with Crippen LogP contribution in [-0.2, 0) is 18.9 Å². The Morgan fingerprint density at radius 3 is 2.53 bits per heavy atom. The number of carboxylic acid groups (broad SMARTS) is 1. The minimum atomic E-state index is -1.17. The summed E-state index contributed by atoms with van der Waals surface area (Å²) in [6.07, 6.45) is 7.49. The summed E-state index contributed by atoms with van der Waals surface area (Å²) in [5, 5.41) is 20.3. The van der Waals surface area contributed by atoms with Crippen LogP contribution in [0.15, 0.2) is 60.7 Å². The number of hydrogen-bond acceptors (Lipinski definition) is 9. The smallest absolute Gasteiger partial charge is 0.340 e. The third-order valence-electron chi connectivity index (χ3n) is 7.43. The Balaban J connectivity index is 1.60. The van der Waals surface area contributed by atoms with Gasteiger partial charge in [0.2, 0.25) is 0 Å². The SMILES string of the molecule is COCOc1cc(OC)cc(C=CC[C@@H]2OC(C)(C)O[C@@H]2C(C=CC2CCCC2O)OC(=O)c2ccccc2)c1C(=O)O. The van der Waals surface area contributed by atoms with Gasteiger partial charge in [0.15, 0.2) is 12.6 Å². The van der Waals surface area contributed by atoms with Gasteiger partial charge in [0, 0.05) is 19.1 Å². The van der Waals surface area contributed by atoms with Gasteiger partial charge in [-0.15, -0.1) is 0 Å². The summed E-state index contributed by atoms with van der Waals surface area (Å²) in [6.45, 7) is 3.44. The molecule has 10 nitrogen and oxygen atoms in total. The van der Waals surface area contributed by atoms with Crippen molar-refractivity contribution in [3.05, 3.63) is 77.4 Å². The van der Waals surface area contributed by atoms with Crippen molar-refractivity contribution in [3.8, 4) is 11.5 Å². The summed E-state index contributed by atoms with van der Waals surface area (Å²) < 4.78 is 34.3. The van der Waals surface area contributed by atoms with E-state index in [1.54, 1.807) is 62.4 Å². The van der Waals surface area contributed by atoms with Crippen LogP contribution in [-0.4, -0.2) is 73.4 Å². The average Bonchev–Trinajstić information content (AvgIpc) is 3.54. The van der Waals surface area contributed by atoms with Crippen LogP contribution in [0.5, 0.6) is 11.5 Å². The van der Waals surface area contributed by atoms with Gasteiger partial charge in [-0.1, -0.05) is 42.8 Å². The number of carbonyl (C=O) groups excluding carboxylic acids is 1. The topological polar surface area (TPSA) is 130 Å². The Hall–Kier alpha value is -3.70. The molecule has 2 aromatic carbocycles. The van der Waals surface area contributed by atoms with Crippen LogP contribution in [0.4, 0.5) is 0 Å². The zero-order valence-electron chi connectivity index (χ0n) is 24.9. The van der Waals surface area contributed by atoms with Crippen molar-refractivity contribution < 1.29 is 48.2 Å². The average molecular weight is 597 g/mol. The van der Waals surface area contributed by atoms with E-state index in [0.717, 1.165) is 19.3 Å². The van der Waals surface area contributed by atoms with E-state index >= 15 is 0 Å². The molecule has 2 fully saturated rings. The van der Waals surface area contributed by atoms with Crippen molar-refractivity contribution in [2.75, 3.05) is 21.0 Å². The fraction of sp³-hybridized carbons (Fsp3) is 0.455. The maximum atomic E-state index is 13.1. The van der Waals surface area contributed by atoms with Crippen LogP contribution in [0.25, 0.3) is 6.08 Å². The molecule has 2 aliphatic rings. The quantitative estimate of drug-likeness (QED) is 0.180. The second-order valence-electron chi connectivity index (χ2n) is 11.0. The maximum Gasteiger partial charge on any atom is 0.340 e. The summed E-state index contributed by atoms with van der Waals surface area (Å²) >= 11 is 0. The van der Waals surface area contributed by atoms with Crippen LogP contribution in [0.3, 0.4) is 0 Å². The second kappa shape index (κ2) is 14.7. The molecular formula is C33H40O10. The van der Waals surface area contributed by atoms with Crippen molar-refractivity contribution >= 4 is 18.0 Å². The van der Waals surface area contributed by atoms with Crippen LogP contribution < -0.4 is 9.47 Å². The molecular weight excluding hydrogens is 556 g/mol. The zero-order chi connectivity index (χ0) is 31.0. The van der Waals surface area contributed by atoms with Gasteiger partial charge in [0.1, 0.15) is 29.3 Å². The van der Waals surface area contributed by atoms with Crippen molar-refractivity contribution in [1.82, 2.24) is 0 Å². The van der Waals surface area contributed by atoms with E-state index in [0.29, 0.717) is 23.3 Å². The highest BCUT2D eigenvalue weighted by Gasteiger charge is 2.45. The molecule has 1 aliphatic heterocycles. The van der Waals surface area contributed by atoms with Crippen LogP contribution >= 0.6 is 0 Å². The Kier molecular flexibility index (Phi) is 11.0. The molecule has 1 aliphatic carbocycles. The Morgan fingerprint density at radius 1 is 1.12 bits per heavy atom. The number of methoxy groups -OCH3 is 2. The molecule has 4 rings (SSSR count). The lowest BCUT2D eigenvalue weighted by atomic mass is 9.99. The van der Waals surface area contributed by atoms with E-state index in [2.05, 4.69) is 0 Å². The number of rotatable bonds is 13. The molecule has 1 heterocycles. The lowest BCUT2D eigenvalue weighted by molar-refractivity contribution is -0.152. The fourth-order valence-corrected chi connectivity index (χ4v) is 5.41. The van der Waals surface area contributed by atoms with E-state index in [4.69, 9.17) is 28.4 Å². The molecule has 232 valence electrons. The highest BCUT2D eigenvalue weighted by molar-refractivity contribution is 5.95. The van der Waals surface area contributed by atoms with Crippen molar-refractivity contribution in [2.24, 2.45) is 5.92 Å². The molecule has 10 heteroatoms. The molecule has 5 atom stereocenters. The number of esters is 1. The number of benzene rings is 2. The largest absolute Gasteiger partial charge is 0.497 e. The molecule has 3 unspecified atom stereocenters. The predicted octanol–water partition coefficient (Wildman–Crippen LogP) is 5.24. The van der Waals surface area contributed by atoms with Gasteiger partial charge in [0.25, 0.3) is 0 Å². The first kappa shape index (κ1) is 32.2. The lowest BCUT2D eigenvalue weighted by Crippen LogP contribution is -2.37. The minimum absolute atomic E-state index is 0.0383. The van der Waals surface area contributed by atoms with Gasteiger partial charge in [-0.3, -0.25) is 0 Å². The molecule has 1 saturated carbocycles. The molecule has 2 aromatic rings. The number of hydrogen-bond donors (Lipinski definition) is 2. The number of aromatic carboxylic acids is 1. The fourth-order valence-electron chi connectivity index (χ4n) is 5.41. The predicted molar refractivity (Wildman–Crippen MR) is 158 cm³/mol. The normalized spacial score (nSPS) is 23.9. The maximum absolute atomic E-state index is 13.1. The number of carbonyl (C=O) groups is 2. The number of ether oxygens (including phenoxy) is 6. The highest BCUT2D eigenvalue weighted by atomic mass is 16.8. The first-order valence-corrected chi connectivity index (χ1v) is 14.3. The molecule has 0 aromatic heterocycles. The minimum Gasteiger partial charge on any atom is -0.497 e. The Labute approximate surface area is 251 Å². The van der Waals surface area contributed by atoms with Crippen LogP contribution in [0.1, 0.15) is 65.8 Å². The third-order valence-corrected chi connectivity index (χ3v) is 7.43. The molecule has 2 N–H and O–H groups in total. The van der Waals surface area contributed by atoms with Gasteiger partial charge in [-0.05, 0) is 62.9 Å². The number of aliphatic hydroxyl groups excluding tert-OH is 1. The summed E-state index contributed by atoms with van der Waals surface area (Å²) in [5.41, 5.74) is 0.735. The zero-order valence-corrected chi connectivity index (χ0v) is 24.9. The number of aliphatic hydroxyl groups is 1. The summed E-state index contributed by atoms with van der Waals surface area (Å²) in [7, 11) is 2.92. The first-order chi connectivity index (χ1) is 20.6. The molecule has 0 amide bonds. The van der Waals surface area contributed by atoms with Crippen molar-refractivity contribution in [1.29, 1.82) is 0 Å². The Morgan fingerprint density at radius 2 is 1.88 bits per heavy atom. The molecule has 0 spiro atoms. The molecule has 1 saturated heterocycles. The molecule has 43 heavy (non-hydrogen) atoms. The summed E-state index contributed by atoms with van der Waals surface area (Å²) in [4.78, 5) is 25.3. The van der Waals surface area contributed by atoms with E-state index in [1.807, 2.05) is 12.1 Å². The van der Waals surface area contributed by atoms with E-state index < -0.39 is 42.1 Å². The van der Waals surface area contributed by atoms with Gasteiger partial charge in [-0.25, -0.2) is 9.59 Å². The second-order valence-corrected chi connectivity index (χ2v) is 11.0. The van der Waals surface area contributed by atoms with Crippen molar-refractivity contribution in [3.63, 3.8) is 0 Å². The van der Waals surface area contributed by atoms with Gasteiger partial charge >= 0.3 is 11.9 Å². The van der Waals surface area contributed by atoms with Gasteiger partial charge in [0.05, 0.1) is 24.9 Å². The summed E-state index contributed by atoms with van der Waals surface area (Å²) in [6, 6.07) is 11.8. The molecule has 0 radical (unpaired) electrons. The van der Waals surface area contributed by atoms with E-state index in [-0.39, 0.29) is 24.0 Å². The van der Waals surface area contributed by atoms with Crippen LogP contribution in [0.2, 0.25) is 0 Å². The van der Waals surface area contributed by atoms with Gasteiger partial charge in [-0.2, -0.15) is 0 Å². The Bertz CT molecular complexity index is 1300. The monoisotopic (exact) mass is 596 g/mol. The summed E-state index contributed by atoms with van der Waals surface area (Å²) in [5.74, 6) is -2.15. The first-order valence-electron chi connectivity index (χ1n) is 14.3. The van der Waals surface area contributed by atoms with Crippen molar-refractivity contribution in [2.45, 2.75) is 69.7 Å². The van der Waals surface area contributed by atoms with Crippen LogP contribution in [0, 0.1) is 5.92 Å². The molecule has 0 bridgehead atoms.